The van der Waals surface area contributed by atoms with E-state index >= 15 is 0 Å². The highest BCUT2D eigenvalue weighted by Gasteiger charge is 2.11. The molecule has 0 saturated heterocycles. The van der Waals surface area contributed by atoms with Crippen molar-refractivity contribution in [2.75, 3.05) is 5.33 Å². The Morgan fingerprint density at radius 1 is 1.12 bits per heavy atom. The standard InChI is InChI=1S/C14H14Br2O/c15-10-12(9-14-5-2-6-17-14)7-11-3-1-4-13(16)8-11/h1-6,8,12H,7,9-10H2. The third-order valence-electron chi connectivity index (χ3n) is 2.70. The Balaban J connectivity index is 2.00. The number of rotatable bonds is 5. The van der Waals surface area contributed by atoms with Crippen molar-refractivity contribution in [3.63, 3.8) is 0 Å². The van der Waals surface area contributed by atoms with E-state index < -0.39 is 0 Å². The quantitative estimate of drug-likeness (QED) is 0.698. The van der Waals surface area contributed by atoms with Crippen LogP contribution in [0.4, 0.5) is 0 Å². The first kappa shape index (κ1) is 12.9. The summed E-state index contributed by atoms with van der Waals surface area (Å²) in [4.78, 5) is 0. The van der Waals surface area contributed by atoms with E-state index in [0.29, 0.717) is 5.92 Å². The van der Waals surface area contributed by atoms with Gasteiger partial charge in [-0.05, 0) is 42.2 Å². The van der Waals surface area contributed by atoms with E-state index in [9.17, 15) is 0 Å². The fourth-order valence-electron chi connectivity index (χ4n) is 1.89. The van der Waals surface area contributed by atoms with Gasteiger partial charge in [0.1, 0.15) is 5.76 Å². The molecule has 0 bridgehead atoms. The lowest BCUT2D eigenvalue weighted by Gasteiger charge is -2.12. The van der Waals surface area contributed by atoms with Crippen molar-refractivity contribution in [3.8, 4) is 0 Å². The van der Waals surface area contributed by atoms with Crippen LogP contribution in [0.1, 0.15) is 11.3 Å². The van der Waals surface area contributed by atoms with Crippen molar-refractivity contribution in [3.05, 3.63) is 58.5 Å². The Kier molecular flexibility index (Phi) is 4.86. The fourth-order valence-corrected chi connectivity index (χ4v) is 2.80. The molecule has 0 aliphatic heterocycles. The van der Waals surface area contributed by atoms with E-state index in [4.69, 9.17) is 4.42 Å². The first-order valence-corrected chi connectivity index (χ1v) is 7.52. The Bertz CT molecular complexity index is 451. The lowest BCUT2D eigenvalue weighted by atomic mass is 9.97. The molecule has 1 nitrogen and oxygen atoms in total. The van der Waals surface area contributed by atoms with Gasteiger partial charge in [0.15, 0.2) is 0 Å². The molecule has 1 aromatic carbocycles. The van der Waals surface area contributed by atoms with Crippen LogP contribution in [0.15, 0.2) is 51.6 Å². The molecule has 1 unspecified atom stereocenters. The maximum Gasteiger partial charge on any atom is 0.104 e. The molecule has 2 aromatic rings. The van der Waals surface area contributed by atoms with Crippen LogP contribution in [-0.2, 0) is 12.8 Å². The van der Waals surface area contributed by atoms with E-state index in [0.717, 1.165) is 28.4 Å². The molecule has 2 rings (SSSR count). The second-order valence-corrected chi connectivity index (χ2v) is 5.70. The zero-order valence-electron chi connectivity index (χ0n) is 9.40. The highest BCUT2D eigenvalue weighted by atomic mass is 79.9. The number of hydrogen-bond acceptors (Lipinski definition) is 1. The summed E-state index contributed by atoms with van der Waals surface area (Å²) in [5.41, 5.74) is 1.36. The van der Waals surface area contributed by atoms with Crippen molar-refractivity contribution >= 4 is 31.9 Å². The molecule has 17 heavy (non-hydrogen) atoms. The molecule has 1 heterocycles. The zero-order valence-corrected chi connectivity index (χ0v) is 12.6. The fraction of sp³-hybridized carbons (Fsp3) is 0.286. The Hall–Kier alpha value is -0.540. The topological polar surface area (TPSA) is 13.1 Å². The Morgan fingerprint density at radius 2 is 2.00 bits per heavy atom. The van der Waals surface area contributed by atoms with Crippen LogP contribution in [0.25, 0.3) is 0 Å². The first-order valence-electron chi connectivity index (χ1n) is 5.60. The van der Waals surface area contributed by atoms with Crippen molar-refractivity contribution in [1.29, 1.82) is 0 Å². The van der Waals surface area contributed by atoms with E-state index in [-0.39, 0.29) is 0 Å². The third-order valence-corrected chi connectivity index (χ3v) is 4.11. The van der Waals surface area contributed by atoms with Gasteiger partial charge in [0.25, 0.3) is 0 Å². The van der Waals surface area contributed by atoms with Gasteiger partial charge < -0.3 is 4.42 Å². The first-order chi connectivity index (χ1) is 8.28. The molecule has 90 valence electrons. The molecule has 0 radical (unpaired) electrons. The smallest absolute Gasteiger partial charge is 0.104 e. The molecule has 0 spiro atoms. The van der Waals surface area contributed by atoms with Crippen molar-refractivity contribution in [1.82, 2.24) is 0 Å². The minimum Gasteiger partial charge on any atom is -0.469 e. The number of alkyl halides is 1. The molecule has 0 aliphatic carbocycles. The summed E-state index contributed by atoms with van der Waals surface area (Å²) < 4.78 is 6.54. The molecule has 1 atom stereocenters. The van der Waals surface area contributed by atoms with Crippen LogP contribution in [-0.4, -0.2) is 5.33 Å². The molecule has 0 N–H and O–H groups in total. The van der Waals surface area contributed by atoms with Crippen molar-refractivity contribution in [2.45, 2.75) is 12.8 Å². The normalized spacial score (nSPS) is 12.6. The van der Waals surface area contributed by atoms with E-state index in [1.54, 1.807) is 6.26 Å². The summed E-state index contributed by atoms with van der Waals surface area (Å²) >= 11 is 7.09. The second-order valence-electron chi connectivity index (χ2n) is 4.14. The van der Waals surface area contributed by atoms with Crippen LogP contribution in [0, 0.1) is 5.92 Å². The van der Waals surface area contributed by atoms with Gasteiger partial charge in [-0.25, -0.2) is 0 Å². The predicted molar refractivity (Wildman–Crippen MR) is 77.5 cm³/mol. The number of furan rings is 1. The molecule has 0 amide bonds. The van der Waals surface area contributed by atoms with Crippen LogP contribution in [0.3, 0.4) is 0 Å². The molecular weight excluding hydrogens is 344 g/mol. The summed E-state index contributed by atoms with van der Waals surface area (Å²) in [5.74, 6) is 1.62. The van der Waals surface area contributed by atoms with Gasteiger partial charge in [-0.1, -0.05) is 44.0 Å². The highest BCUT2D eigenvalue weighted by Crippen LogP contribution is 2.19. The van der Waals surface area contributed by atoms with Crippen LogP contribution in [0.2, 0.25) is 0 Å². The van der Waals surface area contributed by atoms with Crippen LogP contribution >= 0.6 is 31.9 Å². The molecule has 0 saturated carbocycles. The van der Waals surface area contributed by atoms with Gasteiger partial charge in [-0.2, -0.15) is 0 Å². The summed E-state index contributed by atoms with van der Waals surface area (Å²) in [6.07, 6.45) is 3.77. The van der Waals surface area contributed by atoms with E-state index in [1.165, 1.54) is 5.56 Å². The lowest BCUT2D eigenvalue weighted by Crippen LogP contribution is -2.09. The van der Waals surface area contributed by atoms with E-state index in [2.05, 4.69) is 56.1 Å². The molecule has 0 aliphatic rings. The maximum absolute atomic E-state index is 5.40. The third kappa shape index (κ3) is 4.00. The molecule has 3 heteroatoms. The molecule has 1 aromatic heterocycles. The Labute approximate surface area is 118 Å². The van der Waals surface area contributed by atoms with Gasteiger partial charge in [-0.15, -0.1) is 0 Å². The molecular formula is C14H14Br2O. The van der Waals surface area contributed by atoms with Gasteiger partial charge in [-0.3, -0.25) is 0 Å². The molecule has 0 fully saturated rings. The van der Waals surface area contributed by atoms with Gasteiger partial charge in [0, 0.05) is 16.2 Å². The number of halogens is 2. The predicted octanol–water partition coefficient (Wildman–Crippen LogP) is 4.84. The van der Waals surface area contributed by atoms with Gasteiger partial charge in [0.2, 0.25) is 0 Å². The minimum atomic E-state index is 0.565. The number of benzene rings is 1. The van der Waals surface area contributed by atoms with E-state index in [1.807, 2.05) is 12.1 Å². The summed E-state index contributed by atoms with van der Waals surface area (Å²) in [6.45, 7) is 0. The highest BCUT2D eigenvalue weighted by molar-refractivity contribution is 9.10. The summed E-state index contributed by atoms with van der Waals surface area (Å²) in [7, 11) is 0. The van der Waals surface area contributed by atoms with Gasteiger partial charge >= 0.3 is 0 Å². The van der Waals surface area contributed by atoms with Crippen LogP contribution < -0.4 is 0 Å². The summed E-state index contributed by atoms with van der Waals surface area (Å²) in [6, 6.07) is 12.5. The van der Waals surface area contributed by atoms with Crippen molar-refractivity contribution < 1.29 is 4.42 Å². The average molecular weight is 358 g/mol. The second kappa shape index (κ2) is 6.41. The van der Waals surface area contributed by atoms with Crippen LogP contribution in [0.5, 0.6) is 0 Å². The van der Waals surface area contributed by atoms with Gasteiger partial charge in [0.05, 0.1) is 6.26 Å². The lowest BCUT2D eigenvalue weighted by molar-refractivity contribution is 0.460. The number of hydrogen-bond donors (Lipinski definition) is 0. The largest absolute Gasteiger partial charge is 0.469 e. The summed E-state index contributed by atoms with van der Waals surface area (Å²) in [5, 5.41) is 0.986. The zero-order chi connectivity index (χ0) is 12.1. The minimum absolute atomic E-state index is 0.565. The monoisotopic (exact) mass is 356 g/mol. The van der Waals surface area contributed by atoms with Crippen molar-refractivity contribution in [2.24, 2.45) is 5.92 Å². The Morgan fingerprint density at radius 3 is 2.65 bits per heavy atom. The maximum atomic E-state index is 5.40. The average Bonchev–Trinajstić information content (AvgIpc) is 2.81. The SMILES string of the molecule is BrCC(Cc1cccc(Br)c1)Cc1ccco1.